The van der Waals surface area contributed by atoms with Crippen molar-refractivity contribution in [3.63, 3.8) is 0 Å². The molecule has 0 saturated carbocycles. The summed E-state index contributed by atoms with van der Waals surface area (Å²) in [6.07, 6.45) is 2.21. The molecule has 0 radical (unpaired) electrons. The number of anilines is 1. The lowest BCUT2D eigenvalue weighted by Gasteiger charge is -2.31. The first-order valence-corrected chi connectivity index (χ1v) is 7.38. The summed E-state index contributed by atoms with van der Waals surface area (Å²) in [5, 5.41) is 7.59. The molecule has 4 nitrogen and oxygen atoms in total. The van der Waals surface area contributed by atoms with Crippen molar-refractivity contribution in [2.45, 2.75) is 18.5 Å². The molecular formula is C17H14F2N4. The van der Waals surface area contributed by atoms with E-state index in [4.69, 9.17) is 0 Å². The van der Waals surface area contributed by atoms with Gasteiger partial charge in [-0.15, -0.1) is 0 Å². The standard InChI is InChI=1S/C17H14F2N4/c18-13-5-1-11(2-6-13)15-9-16(12-3-7-14(19)8-4-12)23-17(22-15)20-10-21-23/h1-8,10,15-16H,9H2,(H,20,21,22)/t15-,16+/m1/s1. The van der Waals surface area contributed by atoms with E-state index in [1.165, 1.54) is 30.6 Å². The molecule has 0 aliphatic carbocycles. The van der Waals surface area contributed by atoms with Gasteiger partial charge in [0.1, 0.15) is 18.0 Å². The number of hydrogen-bond donors (Lipinski definition) is 1. The third-order valence-corrected chi connectivity index (χ3v) is 4.16. The summed E-state index contributed by atoms with van der Waals surface area (Å²) in [6.45, 7) is 0. The van der Waals surface area contributed by atoms with Crippen LogP contribution in [-0.4, -0.2) is 14.8 Å². The Bertz CT molecular complexity index is 811. The lowest BCUT2D eigenvalue weighted by Crippen LogP contribution is -2.28. The molecule has 2 heterocycles. The predicted octanol–water partition coefficient (Wildman–Crippen LogP) is 3.70. The van der Waals surface area contributed by atoms with Crippen molar-refractivity contribution in [3.05, 3.63) is 77.6 Å². The zero-order valence-corrected chi connectivity index (χ0v) is 12.2. The Morgan fingerprint density at radius 2 is 1.52 bits per heavy atom. The summed E-state index contributed by atoms with van der Waals surface area (Å²) in [6, 6.07) is 12.8. The molecule has 3 aromatic rings. The van der Waals surface area contributed by atoms with E-state index >= 15 is 0 Å². The number of rotatable bonds is 2. The number of hydrogen-bond acceptors (Lipinski definition) is 3. The van der Waals surface area contributed by atoms with Gasteiger partial charge < -0.3 is 5.32 Å². The van der Waals surface area contributed by atoms with Crippen LogP contribution >= 0.6 is 0 Å². The van der Waals surface area contributed by atoms with Crippen LogP contribution < -0.4 is 5.32 Å². The van der Waals surface area contributed by atoms with Gasteiger partial charge in [0.15, 0.2) is 0 Å². The smallest absolute Gasteiger partial charge is 0.222 e. The van der Waals surface area contributed by atoms with Crippen molar-refractivity contribution in [2.24, 2.45) is 0 Å². The average Bonchev–Trinajstić information content (AvgIpc) is 3.04. The third-order valence-electron chi connectivity index (χ3n) is 4.16. The lowest BCUT2D eigenvalue weighted by atomic mass is 9.93. The summed E-state index contributed by atoms with van der Waals surface area (Å²) >= 11 is 0. The van der Waals surface area contributed by atoms with Gasteiger partial charge in [-0.25, -0.2) is 13.5 Å². The Balaban J connectivity index is 1.71. The molecule has 23 heavy (non-hydrogen) atoms. The minimum absolute atomic E-state index is 0.0117. The summed E-state index contributed by atoms with van der Waals surface area (Å²) < 4.78 is 28.1. The highest BCUT2D eigenvalue weighted by atomic mass is 19.1. The van der Waals surface area contributed by atoms with Crippen LogP contribution in [0.3, 0.4) is 0 Å². The van der Waals surface area contributed by atoms with Crippen LogP contribution in [0.5, 0.6) is 0 Å². The largest absolute Gasteiger partial charge is 0.348 e. The first-order valence-electron chi connectivity index (χ1n) is 7.38. The Kier molecular flexibility index (Phi) is 3.29. The zero-order chi connectivity index (χ0) is 15.8. The monoisotopic (exact) mass is 312 g/mol. The zero-order valence-electron chi connectivity index (χ0n) is 12.2. The van der Waals surface area contributed by atoms with E-state index in [0.717, 1.165) is 11.1 Å². The van der Waals surface area contributed by atoms with Crippen molar-refractivity contribution in [2.75, 3.05) is 5.32 Å². The highest BCUT2D eigenvalue weighted by Crippen LogP contribution is 2.37. The van der Waals surface area contributed by atoms with Crippen LogP contribution in [0.2, 0.25) is 0 Å². The van der Waals surface area contributed by atoms with E-state index in [2.05, 4.69) is 15.4 Å². The van der Waals surface area contributed by atoms with E-state index in [1.807, 2.05) is 0 Å². The molecule has 2 atom stereocenters. The van der Waals surface area contributed by atoms with Crippen LogP contribution in [0, 0.1) is 11.6 Å². The maximum Gasteiger partial charge on any atom is 0.222 e. The number of fused-ring (bicyclic) bond motifs is 1. The number of aromatic nitrogens is 3. The highest BCUT2D eigenvalue weighted by Gasteiger charge is 2.29. The van der Waals surface area contributed by atoms with Crippen molar-refractivity contribution in [3.8, 4) is 0 Å². The summed E-state index contributed by atoms with van der Waals surface area (Å²) in [4.78, 5) is 4.24. The second kappa shape index (κ2) is 5.46. The van der Waals surface area contributed by atoms with Gasteiger partial charge in [-0.1, -0.05) is 24.3 Å². The normalized spacial score (nSPS) is 19.9. The minimum Gasteiger partial charge on any atom is -0.348 e. The number of nitrogens with zero attached hydrogens (tertiary/aromatic N) is 3. The average molecular weight is 312 g/mol. The SMILES string of the molecule is Fc1ccc([C@H]2C[C@@H](c3ccc(F)cc3)n3ncnc3N2)cc1. The van der Waals surface area contributed by atoms with Crippen molar-refractivity contribution < 1.29 is 8.78 Å². The van der Waals surface area contributed by atoms with Gasteiger partial charge >= 0.3 is 0 Å². The molecular weight excluding hydrogens is 298 g/mol. The fourth-order valence-corrected chi connectivity index (χ4v) is 3.00. The number of halogens is 2. The second-order valence-electron chi connectivity index (χ2n) is 5.58. The van der Waals surface area contributed by atoms with Gasteiger partial charge in [-0.3, -0.25) is 0 Å². The van der Waals surface area contributed by atoms with Crippen LogP contribution in [-0.2, 0) is 0 Å². The van der Waals surface area contributed by atoms with E-state index < -0.39 is 0 Å². The summed E-state index contributed by atoms with van der Waals surface area (Å²) in [5.74, 6) is 0.124. The Labute approximate surface area is 131 Å². The lowest BCUT2D eigenvalue weighted by molar-refractivity contribution is 0.430. The van der Waals surface area contributed by atoms with E-state index in [0.29, 0.717) is 12.4 Å². The molecule has 0 spiro atoms. The molecule has 0 fully saturated rings. The van der Waals surface area contributed by atoms with Crippen LogP contribution in [0.25, 0.3) is 0 Å². The molecule has 0 unspecified atom stereocenters. The Morgan fingerprint density at radius 1 is 0.913 bits per heavy atom. The Hall–Kier alpha value is -2.76. The predicted molar refractivity (Wildman–Crippen MR) is 81.9 cm³/mol. The van der Waals surface area contributed by atoms with E-state index in [9.17, 15) is 8.78 Å². The van der Waals surface area contributed by atoms with Crippen LogP contribution in [0.1, 0.15) is 29.6 Å². The maximum absolute atomic E-state index is 13.2. The van der Waals surface area contributed by atoms with Crippen molar-refractivity contribution >= 4 is 5.95 Å². The summed E-state index contributed by atoms with van der Waals surface area (Å²) in [5.41, 5.74) is 1.94. The van der Waals surface area contributed by atoms with Gasteiger partial charge in [0, 0.05) is 0 Å². The molecule has 6 heteroatoms. The molecule has 1 aliphatic rings. The van der Waals surface area contributed by atoms with Gasteiger partial charge in [0.05, 0.1) is 12.1 Å². The molecule has 0 amide bonds. The molecule has 0 bridgehead atoms. The fourth-order valence-electron chi connectivity index (χ4n) is 3.00. The van der Waals surface area contributed by atoms with Gasteiger partial charge in [-0.2, -0.15) is 10.1 Å². The molecule has 2 aromatic carbocycles. The van der Waals surface area contributed by atoms with Gasteiger partial charge in [0.25, 0.3) is 0 Å². The van der Waals surface area contributed by atoms with Crippen LogP contribution in [0.4, 0.5) is 14.7 Å². The topological polar surface area (TPSA) is 42.7 Å². The first-order chi connectivity index (χ1) is 11.2. The number of benzene rings is 2. The molecule has 1 aromatic heterocycles. The van der Waals surface area contributed by atoms with Crippen molar-refractivity contribution in [1.82, 2.24) is 14.8 Å². The van der Waals surface area contributed by atoms with E-state index in [1.54, 1.807) is 28.9 Å². The minimum atomic E-state index is -0.267. The molecule has 116 valence electrons. The third kappa shape index (κ3) is 2.56. The first kappa shape index (κ1) is 13.9. The molecule has 0 saturated heterocycles. The van der Waals surface area contributed by atoms with Crippen molar-refractivity contribution in [1.29, 1.82) is 0 Å². The Morgan fingerprint density at radius 3 is 2.17 bits per heavy atom. The molecule has 1 aliphatic heterocycles. The summed E-state index contributed by atoms with van der Waals surface area (Å²) in [7, 11) is 0. The quantitative estimate of drug-likeness (QED) is 0.784. The maximum atomic E-state index is 13.2. The highest BCUT2D eigenvalue weighted by molar-refractivity contribution is 5.38. The number of nitrogens with one attached hydrogen (secondary N) is 1. The van der Waals surface area contributed by atoms with E-state index in [-0.39, 0.29) is 23.7 Å². The van der Waals surface area contributed by atoms with Gasteiger partial charge in [-0.05, 0) is 41.8 Å². The molecule has 4 rings (SSSR count). The van der Waals surface area contributed by atoms with Crippen LogP contribution in [0.15, 0.2) is 54.9 Å². The second-order valence-corrected chi connectivity index (χ2v) is 5.58. The molecule has 1 N–H and O–H groups in total. The fraction of sp³-hybridized carbons (Fsp3) is 0.176. The van der Waals surface area contributed by atoms with Gasteiger partial charge in [0.2, 0.25) is 5.95 Å².